The molecule has 0 bridgehead atoms. The van der Waals surface area contributed by atoms with E-state index in [1.54, 1.807) is 0 Å². The monoisotopic (exact) mass is 200 g/mol. The minimum absolute atomic E-state index is 0.221. The summed E-state index contributed by atoms with van der Waals surface area (Å²) in [6.07, 6.45) is 1.17. The van der Waals surface area contributed by atoms with E-state index in [0.29, 0.717) is 0 Å². The molecule has 1 fully saturated rings. The van der Waals surface area contributed by atoms with Crippen LogP contribution < -0.4 is 5.32 Å². The number of ether oxygens (including phenoxy) is 1. The Morgan fingerprint density at radius 3 is 2.79 bits per heavy atom. The molecule has 0 unspecified atom stereocenters. The highest BCUT2D eigenvalue weighted by atomic mass is 16.5. The first-order chi connectivity index (χ1) is 6.64. The van der Waals surface area contributed by atoms with E-state index in [4.69, 9.17) is 4.74 Å². The number of hydrogen-bond acceptors (Lipinski definition) is 3. The number of nitrogens with zero attached hydrogens (tertiary/aromatic N) is 1. The molecule has 1 aliphatic rings. The van der Waals surface area contributed by atoms with Crippen LogP contribution in [0.1, 0.15) is 27.2 Å². The van der Waals surface area contributed by atoms with Crippen LogP contribution in [0.4, 0.5) is 0 Å². The van der Waals surface area contributed by atoms with E-state index >= 15 is 0 Å². The summed E-state index contributed by atoms with van der Waals surface area (Å²) in [6.45, 7) is 12.9. The third kappa shape index (κ3) is 4.40. The second-order valence-electron chi connectivity index (χ2n) is 4.66. The van der Waals surface area contributed by atoms with Crippen LogP contribution in [0, 0.1) is 0 Å². The molecule has 1 rings (SSSR count). The standard InChI is InChI=1S/C11H24N2O/c1-4-12-11(2,3)10-13-6-5-8-14-9-7-13/h12H,4-10H2,1-3H3. The van der Waals surface area contributed by atoms with Gasteiger partial charge in [-0.2, -0.15) is 0 Å². The van der Waals surface area contributed by atoms with E-state index in [2.05, 4.69) is 31.0 Å². The molecule has 1 heterocycles. The highest BCUT2D eigenvalue weighted by Crippen LogP contribution is 2.07. The maximum absolute atomic E-state index is 5.44. The maximum Gasteiger partial charge on any atom is 0.0593 e. The molecular weight excluding hydrogens is 176 g/mol. The predicted octanol–water partition coefficient (Wildman–Crippen LogP) is 1.10. The van der Waals surface area contributed by atoms with Crippen LogP contribution in [0.2, 0.25) is 0 Å². The molecule has 0 radical (unpaired) electrons. The van der Waals surface area contributed by atoms with Crippen LogP contribution in [0.15, 0.2) is 0 Å². The summed E-state index contributed by atoms with van der Waals surface area (Å²) in [4.78, 5) is 2.50. The molecule has 1 saturated heterocycles. The lowest BCUT2D eigenvalue weighted by Crippen LogP contribution is -2.49. The summed E-state index contributed by atoms with van der Waals surface area (Å²) in [5, 5.41) is 3.51. The average molecular weight is 200 g/mol. The smallest absolute Gasteiger partial charge is 0.0593 e. The van der Waals surface area contributed by atoms with Gasteiger partial charge in [0.2, 0.25) is 0 Å². The van der Waals surface area contributed by atoms with Crippen molar-refractivity contribution < 1.29 is 4.74 Å². The molecule has 0 amide bonds. The average Bonchev–Trinajstić information content (AvgIpc) is 2.31. The first kappa shape index (κ1) is 12.0. The lowest BCUT2D eigenvalue weighted by molar-refractivity contribution is 0.135. The van der Waals surface area contributed by atoms with Crippen LogP contribution in [-0.2, 0) is 4.74 Å². The Hall–Kier alpha value is -0.120. The normalized spacial score (nSPS) is 20.8. The van der Waals surface area contributed by atoms with Crippen LogP contribution in [-0.4, -0.2) is 49.8 Å². The van der Waals surface area contributed by atoms with E-state index in [1.807, 2.05) is 0 Å². The Bertz CT molecular complexity index is 151. The van der Waals surface area contributed by atoms with Crippen LogP contribution in [0.25, 0.3) is 0 Å². The summed E-state index contributed by atoms with van der Waals surface area (Å²) in [6, 6.07) is 0. The van der Waals surface area contributed by atoms with Gasteiger partial charge >= 0.3 is 0 Å². The van der Waals surface area contributed by atoms with Gasteiger partial charge in [0, 0.05) is 31.8 Å². The number of rotatable bonds is 4. The lowest BCUT2D eigenvalue weighted by atomic mass is 10.0. The molecule has 0 aromatic heterocycles. The molecule has 0 aromatic carbocycles. The van der Waals surface area contributed by atoms with Crippen molar-refractivity contribution in [2.24, 2.45) is 0 Å². The number of likely N-dealkylation sites (N-methyl/N-ethyl adjacent to an activating group) is 1. The van der Waals surface area contributed by atoms with Crippen molar-refractivity contribution in [3.8, 4) is 0 Å². The summed E-state index contributed by atoms with van der Waals surface area (Å²) < 4.78 is 5.44. The molecule has 0 aromatic rings. The minimum atomic E-state index is 0.221. The van der Waals surface area contributed by atoms with Gasteiger partial charge in [0.1, 0.15) is 0 Å². The van der Waals surface area contributed by atoms with Gasteiger partial charge in [0.25, 0.3) is 0 Å². The molecule has 3 nitrogen and oxygen atoms in total. The van der Waals surface area contributed by atoms with Crippen molar-refractivity contribution in [3.63, 3.8) is 0 Å². The third-order valence-corrected chi connectivity index (χ3v) is 2.59. The van der Waals surface area contributed by atoms with Gasteiger partial charge in [-0.25, -0.2) is 0 Å². The zero-order chi connectivity index (χ0) is 10.4. The van der Waals surface area contributed by atoms with Crippen LogP contribution >= 0.6 is 0 Å². The molecule has 0 spiro atoms. The molecule has 1 N–H and O–H groups in total. The zero-order valence-corrected chi connectivity index (χ0v) is 9.81. The van der Waals surface area contributed by atoms with Crippen LogP contribution in [0.5, 0.6) is 0 Å². The number of nitrogens with one attached hydrogen (secondary N) is 1. The van der Waals surface area contributed by atoms with Gasteiger partial charge < -0.3 is 10.1 Å². The summed E-state index contributed by atoms with van der Waals surface area (Å²) >= 11 is 0. The molecule has 1 aliphatic heterocycles. The van der Waals surface area contributed by atoms with Crippen molar-refractivity contribution in [1.29, 1.82) is 0 Å². The SMILES string of the molecule is CCNC(C)(C)CN1CCCOCC1. The Kier molecular flexibility index (Phi) is 4.85. The summed E-state index contributed by atoms with van der Waals surface area (Å²) in [7, 11) is 0. The fraction of sp³-hybridized carbons (Fsp3) is 1.00. The second kappa shape index (κ2) is 5.69. The van der Waals surface area contributed by atoms with E-state index in [-0.39, 0.29) is 5.54 Å². The molecule has 14 heavy (non-hydrogen) atoms. The van der Waals surface area contributed by atoms with Crippen molar-refractivity contribution in [3.05, 3.63) is 0 Å². The highest BCUT2D eigenvalue weighted by Gasteiger charge is 2.20. The van der Waals surface area contributed by atoms with E-state index < -0.39 is 0 Å². The maximum atomic E-state index is 5.44. The quantitative estimate of drug-likeness (QED) is 0.735. The largest absolute Gasteiger partial charge is 0.380 e. The molecule has 0 saturated carbocycles. The van der Waals surface area contributed by atoms with Gasteiger partial charge in [-0.15, -0.1) is 0 Å². The van der Waals surface area contributed by atoms with E-state index in [1.165, 1.54) is 13.0 Å². The van der Waals surface area contributed by atoms with Crippen LogP contribution in [0.3, 0.4) is 0 Å². The second-order valence-corrected chi connectivity index (χ2v) is 4.66. The molecule has 84 valence electrons. The molecule has 0 atom stereocenters. The van der Waals surface area contributed by atoms with E-state index in [9.17, 15) is 0 Å². The van der Waals surface area contributed by atoms with Gasteiger partial charge in [0.15, 0.2) is 0 Å². The van der Waals surface area contributed by atoms with E-state index in [0.717, 1.165) is 32.8 Å². The fourth-order valence-corrected chi connectivity index (χ4v) is 2.05. The van der Waals surface area contributed by atoms with Crippen molar-refractivity contribution in [1.82, 2.24) is 10.2 Å². The Labute approximate surface area is 87.8 Å². The van der Waals surface area contributed by atoms with Gasteiger partial charge in [-0.05, 0) is 26.8 Å². The lowest BCUT2D eigenvalue weighted by Gasteiger charge is -2.32. The fourth-order valence-electron chi connectivity index (χ4n) is 2.05. The summed E-state index contributed by atoms with van der Waals surface area (Å²) in [5.41, 5.74) is 0.221. The molecule has 3 heteroatoms. The number of hydrogen-bond donors (Lipinski definition) is 1. The Morgan fingerprint density at radius 2 is 2.07 bits per heavy atom. The Morgan fingerprint density at radius 1 is 1.29 bits per heavy atom. The zero-order valence-electron chi connectivity index (χ0n) is 9.81. The summed E-state index contributed by atoms with van der Waals surface area (Å²) in [5.74, 6) is 0. The van der Waals surface area contributed by atoms with Gasteiger partial charge in [-0.3, -0.25) is 4.90 Å². The van der Waals surface area contributed by atoms with Crippen molar-refractivity contribution >= 4 is 0 Å². The first-order valence-corrected chi connectivity index (χ1v) is 5.69. The van der Waals surface area contributed by atoms with Crippen molar-refractivity contribution in [2.75, 3.05) is 39.4 Å². The predicted molar refractivity (Wildman–Crippen MR) is 59.6 cm³/mol. The molecule has 0 aliphatic carbocycles. The third-order valence-electron chi connectivity index (χ3n) is 2.59. The van der Waals surface area contributed by atoms with Gasteiger partial charge in [0.05, 0.1) is 6.61 Å². The van der Waals surface area contributed by atoms with Crippen molar-refractivity contribution in [2.45, 2.75) is 32.7 Å². The first-order valence-electron chi connectivity index (χ1n) is 5.69. The van der Waals surface area contributed by atoms with Gasteiger partial charge in [-0.1, -0.05) is 6.92 Å². The Balaban J connectivity index is 2.33. The topological polar surface area (TPSA) is 24.5 Å². The highest BCUT2D eigenvalue weighted by molar-refractivity contribution is 4.81. The minimum Gasteiger partial charge on any atom is -0.380 e. The molecular formula is C11H24N2O.